The highest BCUT2D eigenvalue weighted by Gasteiger charge is 2.23. The maximum atomic E-state index is 12.3. The summed E-state index contributed by atoms with van der Waals surface area (Å²) in [7, 11) is 1.78. The highest BCUT2D eigenvalue weighted by Crippen LogP contribution is 2.14. The van der Waals surface area contributed by atoms with E-state index in [1.807, 2.05) is 32.9 Å². The molecule has 0 aliphatic rings. The summed E-state index contributed by atoms with van der Waals surface area (Å²) < 4.78 is 0. The van der Waals surface area contributed by atoms with Crippen molar-refractivity contribution < 1.29 is 4.79 Å². The molecule has 2 rings (SSSR count). The molecule has 0 N–H and O–H groups in total. The molecule has 4 nitrogen and oxygen atoms in total. The predicted molar refractivity (Wildman–Crippen MR) is 86.3 cm³/mol. The normalized spacial score (nSPS) is 10.5. The van der Waals surface area contributed by atoms with E-state index in [1.54, 1.807) is 42.7 Å². The molecule has 0 aromatic carbocycles. The molecule has 2 heterocycles. The predicted octanol–water partition coefficient (Wildman–Crippen LogP) is 2.75. The highest BCUT2D eigenvalue weighted by atomic mass is 16.2. The lowest BCUT2D eigenvalue weighted by Crippen LogP contribution is -2.42. The van der Waals surface area contributed by atoms with Gasteiger partial charge in [0.25, 0.3) is 5.91 Å². The smallest absolute Gasteiger partial charge is 0.272 e. The Kier molecular flexibility index (Phi) is 4.57. The number of pyridine rings is 2. The van der Waals surface area contributed by atoms with Gasteiger partial charge in [-0.1, -0.05) is 11.8 Å². The lowest BCUT2D eigenvalue weighted by atomic mass is 10.1. The van der Waals surface area contributed by atoms with Gasteiger partial charge in [0.05, 0.1) is 0 Å². The van der Waals surface area contributed by atoms with Crippen molar-refractivity contribution in [1.82, 2.24) is 14.9 Å². The van der Waals surface area contributed by atoms with Crippen LogP contribution in [0.3, 0.4) is 0 Å². The van der Waals surface area contributed by atoms with Gasteiger partial charge < -0.3 is 4.90 Å². The Balaban J connectivity index is 2.15. The molecule has 2 aromatic rings. The molecule has 4 heteroatoms. The van der Waals surface area contributed by atoms with Gasteiger partial charge in [0.1, 0.15) is 5.69 Å². The van der Waals surface area contributed by atoms with Crippen LogP contribution in [0.15, 0.2) is 42.9 Å². The van der Waals surface area contributed by atoms with E-state index in [0.717, 1.165) is 11.1 Å². The zero-order chi connectivity index (χ0) is 16.2. The number of hydrogen-bond donors (Lipinski definition) is 0. The molecule has 0 spiro atoms. The monoisotopic (exact) mass is 293 g/mol. The topological polar surface area (TPSA) is 46.1 Å². The van der Waals surface area contributed by atoms with Gasteiger partial charge in [-0.25, -0.2) is 4.98 Å². The average Bonchev–Trinajstić information content (AvgIpc) is 2.52. The van der Waals surface area contributed by atoms with Gasteiger partial charge in [-0.15, -0.1) is 0 Å². The first-order valence-corrected chi connectivity index (χ1v) is 7.04. The third-order valence-electron chi connectivity index (χ3n) is 3.31. The number of hydrogen-bond acceptors (Lipinski definition) is 3. The van der Waals surface area contributed by atoms with Crippen LogP contribution < -0.4 is 0 Å². The Labute approximate surface area is 131 Å². The molecule has 0 unspecified atom stereocenters. The fraction of sp³-hybridized carbons (Fsp3) is 0.278. The highest BCUT2D eigenvalue weighted by molar-refractivity contribution is 5.92. The van der Waals surface area contributed by atoms with Crippen molar-refractivity contribution in [3.63, 3.8) is 0 Å². The van der Waals surface area contributed by atoms with Crippen molar-refractivity contribution >= 4 is 5.91 Å². The summed E-state index contributed by atoms with van der Waals surface area (Å²) in [5.74, 6) is 5.92. The molecule has 0 aliphatic heterocycles. The molecule has 2 aromatic heterocycles. The van der Waals surface area contributed by atoms with Crippen molar-refractivity contribution in [3.8, 4) is 11.8 Å². The summed E-state index contributed by atoms with van der Waals surface area (Å²) in [5.41, 5.74) is 1.79. The van der Waals surface area contributed by atoms with Crippen molar-refractivity contribution in [1.29, 1.82) is 0 Å². The molecule has 112 valence electrons. The molecule has 1 amide bonds. The number of carbonyl (C=O) groups is 1. The minimum Gasteiger partial charge on any atom is -0.336 e. The zero-order valence-electron chi connectivity index (χ0n) is 13.3. The van der Waals surface area contributed by atoms with Crippen molar-refractivity contribution in [3.05, 3.63) is 59.7 Å². The van der Waals surface area contributed by atoms with E-state index in [0.29, 0.717) is 5.69 Å². The lowest BCUT2D eigenvalue weighted by Gasteiger charge is -2.31. The molecule has 22 heavy (non-hydrogen) atoms. The van der Waals surface area contributed by atoms with Crippen LogP contribution in [0.25, 0.3) is 0 Å². The van der Waals surface area contributed by atoms with Crippen LogP contribution in [-0.4, -0.2) is 33.4 Å². The van der Waals surface area contributed by atoms with Gasteiger partial charge in [0.15, 0.2) is 0 Å². The molecule has 0 bridgehead atoms. The van der Waals surface area contributed by atoms with E-state index in [9.17, 15) is 4.79 Å². The van der Waals surface area contributed by atoms with Crippen LogP contribution in [0, 0.1) is 11.8 Å². The Morgan fingerprint density at radius 3 is 2.27 bits per heavy atom. The lowest BCUT2D eigenvalue weighted by molar-refractivity contribution is 0.0649. The third-order valence-corrected chi connectivity index (χ3v) is 3.31. The number of aromatic nitrogens is 2. The van der Waals surface area contributed by atoms with Crippen molar-refractivity contribution in [2.45, 2.75) is 26.3 Å². The molecular weight excluding hydrogens is 274 g/mol. The molecule has 0 fully saturated rings. The summed E-state index contributed by atoms with van der Waals surface area (Å²) in [6, 6.07) is 7.24. The van der Waals surface area contributed by atoms with Crippen LogP contribution >= 0.6 is 0 Å². The van der Waals surface area contributed by atoms with E-state index < -0.39 is 0 Å². The first kappa shape index (κ1) is 15.7. The van der Waals surface area contributed by atoms with Crippen molar-refractivity contribution in [2.75, 3.05) is 7.05 Å². The zero-order valence-corrected chi connectivity index (χ0v) is 13.3. The summed E-state index contributed by atoms with van der Waals surface area (Å²) >= 11 is 0. The molecular formula is C18H19N3O. The maximum absolute atomic E-state index is 12.3. The van der Waals surface area contributed by atoms with E-state index in [4.69, 9.17) is 0 Å². The minimum absolute atomic E-state index is 0.0979. The first-order valence-electron chi connectivity index (χ1n) is 7.04. The second kappa shape index (κ2) is 6.40. The number of amides is 1. The third kappa shape index (κ3) is 3.92. The van der Waals surface area contributed by atoms with Crippen LogP contribution in [0.2, 0.25) is 0 Å². The number of carbonyl (C=O) groups excluding carboxylic acids is 1. The maximum Gasteiger partial charge on any atom is 0.272 e. The van der Waals surface area contributed by atoms with E-state index >= 15 is 0 Å². The Morgan fingerprint density at radius 1 is 1.09 bits per heavy atom. The van der Waals surface area contributed by atoms with Crippen LogP contribution in [0.4, 0.5) is 0 Å². The van der Waals surface area contributed by atoms with Crippen LogP contribution in [-0.2, 0) is 0 Å². The van der Waals surface area contributed by atoms with Crippen LogP contribution in [0.1, 0.15) is 42.4 Å². The van der Waals surface area contributed by atoms with Gasteiger partial charge in [0, 0.05) is 42.3 Å². The van der Waals surface area contributed by atoms with Gasteiger partial charge in [-0.3, -0.25) is 9.78 Å². The molecule has 0 radical (unpaired) electrons. The van der Waals surface area contributed by atoms with E-state index in [2.05, 4.69) is 21.8 Å². The molecule has 0 atom stereocenters. The Hall–Kier alpha value is -2.67. The van der Waals surface area contributed by atoms with Crippen LogP contribution in [0.5, 0.6) is 0 Å². The summed E-state index contributed by atoms with van der Waals surface area (Å²) in [5, 5.41) is 0. The fourth-order valence-electron chi connectivity index (χ4n) is 1.65. The number of nitrogens with zero attached hydrogens (tertiary/aromatic N) is 3. The second-order valence-corrected chi connectivity index (χ2v) is 5.96. The first-order chi connectivity index (χ1) is 10.4. The second-order valence-electron chi connectivity index (χ2n) is 5.96. The van der Waals surface area contributed by atoms with Gasteiger partial charge in [-0.2, -0.15) is 0 Å². The molecule has 0 saturated carbocycles. The van der Waals surface area contributed by atoms with Crippen molar-refractivity contribution in [2.24, 2.45) is 0 Å². The Bertz CT molecular complexity index is 704. The van der Waals surface area contributed by atoms with E-state index in [1.165, 1.54) is 0 Å². The summed E-state index contributed by atoms with van der Waals surface area (Å²) in [6.45, 7) is 5.95. The number of rotatable bonds is 1. The molecule has 0 aliphatic carbocycles. The summed E-state index contributed by atoms with van der Waals surface area (Å²) in [6.07, 6.45) is 5.03. The average molecular weight is 293 g/mol. The largest absolute Gasteiger partial charge is 0.336 e. The summed E-state index contributed by atoms with van der Waals surface area (Å²) in [4.78, 5) is 22.2. The molecule has 0 saturated heterocycles. The van der Waals surface area contributed by atoms with Gasteiger partial charge in [-0.05, 0) is 45.0 Å². The standard InChI is InChI=1S/C18H19N3O/c1-18(2,3)21(4)17(22)16-10-9-15(13-20-16)8-7-14-6-5-11-19-12-14/h5-6,9-13H,1-4H3. The quantitative estimate of drug-likeness (QED) is 0.760. The fourth-order valence-corrected chi connectivity index (χ4v) is 1.65. The minimum atomic E-state index is -0.239. The van der Waals surface area contributed by atoms with Gasteiger partial charge in [0.2, 0.25) is 0 Å². The Morgan fingerprint density at radius 2 is 1.77 bits per heavy atom. The van der Waals surface area contributed by atoms with Gasteiger partial charge >= 0.3 is 0 Å². The SMILES string of the molecule is CN(C(=O)c1ccc(C#Cc2cccnc2)cn1)C(C)(C)C. The van der Waals surface area contributed by atoms with E-state index in [-0.39, 0.29) is 11.4 Å².